The number of amides is 1. The molecule has 19 heavy (non-hydrogen) atoms. The highest BCUT2D eigenvalue weighted by molar-refractivity contribution is 9.10. The molecule has 5 nitrogen and oxygen atoms in total. The third-order valence-corrected chi connectivity index (χ3v) is 4.15. The standard InChI is InChI=1S/C13H11BrN2O3/c14-7-5-8-12(19-4-3-18-8)9-6-1-2-15-13(17)10(6)16-11(7)9/h5,16H,1-4H2,(H,15,17). The highest BCUT2D eigenvalue weighted by Gasteiger charge is 2.28. The molecule has 0 atom stereocenters. The lowest BCUT2D eigenvalue weighted by Crippen LogP contribution is -2.31. The van der Waals surface area contributed by atoms with E-state index in [4.69, 9.17) is 9.47 Å². The Morgan fingerprint density at radius 1 is 1.26 bits per heavy atom. The summed E-state index contributed by atoms with van der Waals surface area (Å²) in [6, 6.07) is 1.89. The molecule has 0 saturated carbocycles. The molecule has 2 aromatic rings. The normalized spacial score (nSPS) is 17.2. The highest BCUT2D eigenvalue weighted by atomic mass is 79.9. The molecule has 3 heterocycles. The fourth-order valence-corrected chi connectivity index (χ4v) is 3.23. The van der Waals surface area contributed by atoms with Crippen molar-refractivity contribution < 1.29 is 14.3 Å². The quantitative estimate of drug-likeness (QED) is 0.779. The first-order valence-electron chi connectivity index (χ1n) is 6.16. The fourth-order valence-electron chi connectivity index (χ4n) is 2.72. The van der Waals surface area contributed by atoms with Crippen molar-refractivity contribution in [2.45, 2.75) is 6.42 Å². The predicted molar refractivity (Wildman–Crippen MR) is 73.0 cm³/mol. The minimum absolute atomic E-state index is 0.0603. The molecule has 0 saturated heterocycles. The van der Waals surface area contributed by atoms with Crippen molar-refractivity contribution in [3.05, 3.63) is 21.8 Å². The van der Waals surface area contributed by atoms with Crippen molar-refractivity contribution in [3.8, 4) is 11.5 Å². The van der Waals surface area contributed by atoms with E-state index < -0.39 is 0 Å². The van der Waals surface area contributed by atoms with Crippen LogP contribution in [0.2, 0.25) is 0 Å². The van der Waals surface area contributed by atoms with Crippen molar-refractivity contribution in [2.75, 3.05) is 19.8 Å². The molecule has 6 heteroatoms. The first-order valence-corrected chi connectivity index (χ1v) is 6.96. The number of rotatable bonds is 0. The molecule has 2 aliphatic rings. The summed E-state index contributed by atoms with van der Waals surface area (Å²) in [5, 5.41) is 3.81. The second-order valence-corrected chi connectivity index (χ2v) is 5.47. The summed E-state index contributed by atoms with van der Waals surface area (Å²) in [4.78, 5) is 15.1. The number of nitrogens with one attached hydrogen (secondary N) is 2. The number of fused-ring (bicyclic) bond motifs is 5. The number of ether oxygens (including phenoxy) is 2. The van der Waals surface area contributed by atoms with Crippen LogP contribution in [0.25, 0.3) is 10.9 Å². The number of halogens is 1. The van der Waals surface area contributed by atoms with Gasteiger partial charge in [-0.15, -0.1) is 0 Å². The lowest BCUT2D eigenvalue weighted by molar-refractivity contribution is 0.0942. The summed E-state index contributed by atoms with van der Waals surface area (Å²) in [6.07, 6.45) is 0.799. The van der Waals surface area contributed by atoms with E-state index in [1.54, 1.807) is 0 Å². The maximum Gasteiger partial charge on any atom is 0.268 e. The zero-order valence-corrected chi connectivity index (χ0v) is 11.6. The Kier molecular flexibility index (Phi) is 2.29. The number of hydrogen-bond acceptors (Lipinski definition) is 3. The zero-order chi connectivity index (χ0) is 13.0. The fraction of sp³-hybridized carbons (Fsp3) is 0.308. The number of hydrogen-bond donors (Lipinski definition) is 2. The molecule has 98 valence electrons. The van der Waals surface area contributed by atoms with Gasteiger partial charge in [0.15, 0.2) is 11.5 Å². The van der Waals surface area contributed by atoms with Crippen LogP contribution < -0.4 is 14.8 Å². The van der Waals surface area contributed by atoms with Crippen LogP contribution in [0, 0.1) is 0 Å². The van der Waals surface area contributed by atoms with E-state index >= 15 is 0 Å². The van der Waals surface area contributed by atoms with E-state index in [0.717, 1.165) is 38.9 Å². The van der Waals surface area contributed by atoms with E-state index in [-0.39, 0.29) is 5.91 Å². The molecule has 0 spiro atoms. The molecule has 2 aliphatic heterocycles. The lowest BCUT2D eigenvalue weighted by Gasteiger charge is -2.20. The number of aromatic amines is 1. The van der Waals surface area contributed by atoms with Crippen LogP contribution in [0.4, 0.5) is 0 Å². The minimum atomic E-state index is -0.0603. The average Bonchev–Trinajstić information content (AvgIpc) is 2.81. The van der Waals surface area contributed by atoms with Gasteiger partial charge >= 0.3 is 0 Å². The minimum Gasteiger partial charge on any atom is -0.486 e. The predicted octanol–water partition coefficient (Wildman–Crippen LogP) is 1.99. The maximum atomic E-state index is 11.9. The smallest absolute Gasteiger partial charge is 0.268 e. The van der Waals surface area contributed by atoms with Crippen molar-refractivity contribution in [1.82, 2.24) is 10.3 Å². The van der Waals surface area contributed by atoms with Crippen LogP contribution in [-0.2, 0) is 6.42 Å². The Labute approximate surface area is 117 Å². The molecule has 1 aromatic heterocycles. The molecule has 2 N–H and O–H groups in total. The molecular weight excluding hydrogens is 312 g/mol. The Morgan fingerprint density at radius 3 is 3.00 bits per heavy atom. The Bertz CT molecular complexity index is 708. The van der Waals surface area contributed by atoms with Crippen LogP contribution in [0.5, 0.6) is 11.5 Å². The van der Waals surface area contributed by atoms with E-state index in [9.17, 15) is 4.79 Å². The van der Waals surface area contributed by atoms with Gasteiger partial charge in [-0.1, -0.05) is 0 Å². The van der Waals surface area contributed by atoms with Crippen LogP contribution in [-0.4, -0.2) is 30.6 Å². The van der Waals surface area contributed by atoms with Gasteiger partial charge in [-0.05, 0) is 27.9 Å². The molecule has 1 aromatic carbocycles. The molecule has 0 fully saturated rings. The molecule has 0 unspecified atom stereocenters. The van der Waals surface area contributed by atoms with Crippen LogP contribution in [0.3, 0.4) is 0 Å². The van der Waals surface area contributed by atoms with Gasteiger partial charge in [0.05, 0.1) is 10.9 Å². The molecule has 0 bridgehead atoms. The number of carbonyl (C=O) groups is 1. The summed E-state index contributed by atoms with van der Waals surface area (Å²) in [6.45, 7) is 1.74. The van der Waals surface area contributed by atoms with Crippen molar-refractivity contribution in [2.24, 2.45) is 0 Å². The van der Waals surface area contributed by atoms with Gasteiger partial charge in [-0.2, -0.15) is 0 Å². The van der Waals surface area contributed by atoms with E-state index in [1.807, 2.05) is 6.07 Å². The van der Waals surface area contributed by atoms with E-state index in [0.29, 0.717) is 25.5 Å². The van der Waals surface area contributed by atoms with Gasteiger partial charge in [-0.25, -0.2) is 0 Å². The number of H-pyrrole nitrogens is 1. The Balaban J connectivity index is 2.11. The molecule has 1 amide bonds. The first-order chi connectivity index (χ1) is 9.25. The molecule has 4 rings (SSSR count). The number of carbonyl (C=O) groups excluding carboxylic acids is 1. The SMILES string of the molecule is O=C1NCCc2c1[nH]c1c(Br)cc3c(c21)OCCO3. The zero-order valence-electron chi connectivity index (χ0n) is 10.0. The van der Waals surface area contributed by atoms with Gasteiger partial charge in [0.1, 0.15) is 18.9 Å². The van der Waals surface area contributed by atoms with Crippen LogP contribution in [0.15, 0.2) is 10.5 Å². The number of aromatic nitrogens is 1. The van der Waals surface area contributed by atoms with Gasteiger partial charge in [0.25, 0.3) is 5.91 Å². The summed E-state index contributed by atoms with van der Waals surface area (Å²) in [5.41, 5.74) is 2.54. The third kappa shape index (κ3) is 1.49. The highest BCUT2D eigenvalue weighted by Crippen LogP contribution is 2.44. The largest absolute Gasteiger partial charge is 0.486 e. The van der Waals surface area contributed by atoms with E-state index in [1.165, 1.54) is 0 Å². The summed E-state index contributed by atoms with van der Waals surface area (Å²) < 4.78 is 12.3. The summed E-state index contributed by atoms with van der Waals surface area (Å²) in [5.74, 6) is 1.42. The van der Waals surface area contributed by atoms with E-state index in [2.05, 4.69) is 26.2 Å². The lowest BCUT2D eigenvalue weighted by atomic mass is 10.0. The third-order valence-electron chi connectivity index (χ3n) is 3.53. The topological polar surface area (TPSA) is 63.4 Å². The summed E-state index contributed by atoms with van der Waals surface area (Å²) >= 11 is 3.52. The first kappa shape index (κ1) is 11.2. The maximum absolute atomic E-state index is 11.9. The van der Waals surface area contributed by atoms with Gasteiger partial charge < -0.3 is 19.8 Å². The molecule has 0 radical (unpaired) electrons. The van der Waals surface area contributed by atoms with Gasteiger partial charge in [0, 0.05) is 17.1 Å². The van der Waals surface area contributed by atoms with Crippen molar-refractivity contribution >= 4 is 32.7 Å². The second-order valence-electron chi connectivity index (χ2n) is 4.62. The molecular formula is C13H11BrN2O3. The average molecular weight is 323 g/mol. The van der Waals surface area contributed by atoms with Gasteiger partial charge in [0.2, 0.25) is 0 Å². The van der Waals surface area contributed by atoms with Crippen LogP contribution in [0.1, 0.15) is 16.1 Å². The van der Waals surface area contributed by atoms with Crippen molar-refractivity contribution in [3.63, 3.8) is 0 Å². The van der Waals surface area contributed by atoms with Crippen molar-refractivity contribution in [1.29, 1.82) is 0 Å². The summed E-state index contributed by atoms with van der Waals surface area (Å²) in [7, 11) is 0. The monoisotopic (exact) mass is 322 g/mol. The Morgan fingerprint density at radius 2 is 2.11 bits per heavy atom. The molecule has 0 aliphatic carbocycles. The second kappa shape index (κ2) is 3.90. The Hall–Kier alpha value is -1.69. The number of benzene rings is 1. The van der Waals surface area contributed by atoms with Crippen LogP contribution >= 0.6 is 15.9 Å². The van der Waals surface area contributed by atoms with Gasteiger partial charge in [-0.3, -0.25) is 4.79 Å².